The minimum Gasteiger partial charge on any atom is -0.338 e. The first-order chi connectivity index (χ1) is 10.7. The zero-order chi connectivity index (χ0) is 15.1. The van der Waals surface area contributed by atoms with Crippen LogP contribution in [0.1, 0.15) is 23.8 Å². The molecule has 0 aliphatic heterocycles. The van der Waals surface area contributed by atoms with Crippen LogP contribution in [0.25, 0.3) is 10.2 Å². The molecular formula is C17H16ClN3S. The summed E-state index contributed by atoms with van der Waals surface area (Å²) in [4.78, 5) is 11.5. The van der Waals surface area contributed by atoms with E-state index in [4.69, 9.17) is 11.6 Å². The van der Waals surface area contributed by atoms with E-state index in [0.717, 1.165) is 35.1 Å². The normalized spacial score (nSPS) is 17.5. The predicted octanol–water partition coefficient (Wildman–Crippen LogP) is 5.21. The Morgan fingerprint density at radius 3 is 3.00 bits per heavy atom. The summed E-state index contributed by atoms with van der Waals surface area (Å²) >= 11 is 8.07. The van der Waals surface area contributed by atoms with Gasteiger partial charge in [0, 0.05) is 4.88 Å². The SMILES string of the molecule is CC1CCc2c(sc3ncnc(Nc4ccccc4Cl)c23)C1. The Balaban J connectivity index is 1.83. The third-order valence-corrected chi connectivity index (χ3v) is 5.71. The van der Waals surface area contributed by atoms with Crippen molar-refractivity contribution in [2.75, 3.05) is 5.32 Å². The molecule has 112 valence electrons. The molecule has 22 heavy (non-hydrogen) atoms. The quantitative estimate of drug-likeness (QED) is 0.701. The number of halogens is 1. The summed E-state index contributed by atoms with van der Waals surface area (Å²) in [6.07, 6.45) is 5.13. The highest BCUT2D eigenvalue weighted by atomic mass is 35.5. The van der Waals surface area contributed by atoms with E-state index in [1.54, 1.807) is 6.33 Å². The topological polar surface area (TPSA) is 37.8 Å². The van der Waals surface area contributed by atoms with Crippen LogP contribution in [0.2, 0.25) is 5.02 Å². The van der Waals surface area contributed by atoms with E-state index in [-0.39, 0.29) is 0 Å². The van der Waals surface area contributed by atoms with E-state index in [2.05, 4.69) is 22.2 Å². The Morgan fingerprint density at radius 2 is 2.14 bits per heavy atom. The molecule has 0 amide bonds. The van der Waals surface area contributed by atoms with Gasteiger partial charge in [0.15, 0.2) is 0 Å². The molecule has 1 N–H and O–H groups in total. The summed E-state index contributed by atoms with van der Waals surface area (Å²) < 4.78 is 0. The standard InChI is InChI=1S/C17H16ClN3S/c1-10-6-7-11-14(8-10)22-17-15(11)16(19-9-20-17)21-13-5-3-2-4-12(13)18/h2-5,9-10H,6-8H2,1H3,(H,19,20,21). The smallest absolute Gasteiger partial charge is 0.142 e. The van der Waals surface area contributed by atoms with Crippen molar-refractivity contribution in [2.24, 2.45) is 5.92 Å². The van der Waals surface area contributed by atoms with Crippen molar-refractivity contribution in [3.8, 4) is 0 Å². The van der Waals surface area contributed by atoms with Gasteiger partial charge in [-0.05, 0) is 42.9 Å². The van der Waals surface area contributed by atoms with Crippen molar-refractivity contribution in [3.05, 3.63) is 46.1 Å². The van der Waals surface area contributed by atoms with Crippen LogP contribution in [0.15, 0.2) is 30.6 Å². The summed E-state index contributed by atoms with van der Waals surface area (Å²) in [7, 11) is 0. The second-order valence-corrected chi connectivity index (χ2v) is 7.35. The van der Waals surface area contributed by atoms with Gasteiger partial charge >= 0.3 is 0 Å². The van der Waals surface area contributed by atoms with Crippen molar-refractivity contribution in [3.63, 3.8) is 0 Å². The van der Waals surface area contributed by atoms with Gasteiger partial charge in [-0.25, -0.2) is 9.97 Å². The Hall–Kier alpha value is -1.65. The largest absolute Gasteiger partial charge is 0.338 e. The van der Waals surface area contributed by atoms with Gasteiger partial charge in [0.05, 0.1) is 16.1 Å². The molecule has 1 unspecified atom stereocenters. The van der Waals surface area contributed by atoms with Gasteiger partial charge in [-0.2, -0.15) is 0 Å². The predicted molar refractivity (Wildman–Crippen MR) is 93.3 cm³/mol. The number of anilines is 2. The number of thiophene rings is 1. The van der Waals surface area contributed by atoms with Crippen LogP contribution in [-0.2, 0) is 12.8 Å². The number of hydrogen-bond donors (Lipinski definition) is 1. The van der Waals surface area contributed by atoms with Gasteiger partial charge in [0.2, 0.25) is 0 Å². The fraction of sp³-hybridized carbons (Fsp3) is 0.294. The second kappa shape index (κ2) is 5.52. The van der Waals surface area contributed by atoms with Gasteiger partial charge in [-0.3, -0.25) is 0 Å². The van der Waals surface area contributed by atoms with Crippen molar-refractivity contribution < 1.29 is 0 Å². The van der Waals surface area contributed by atoms with E-state index < -0.39 is 0 Å². The Labute approximate surface area is 138 Å². The van der Waals surface area contributed by atoms with Gasteiger partial charge < -0.3 is 5.32 Å². The molecule has 0 saturated carbocycles. The van der Waals surface area contributed by atoms with Crippen LogP contribution < -0.4 is 5.32 Å². The lowest BCUT2D eigenvalue weighted by atomic mass is 9.89. The van der Waals surface area contributed by atoms with Crippen LogP contribution in [0.4, 0.5) is 11.5 Å². The first-order valence-corrected chi connectivity index (χ1v) is 8.68. The van der Waals surface area contributed by atoms with Crippen LogP contribution in [0.3, 0.4) is 0 Å². The van der Waals surface area contributed by atoms with Crippen molar-refractivity contribution >= 4 is 44.7 Å². The molecule has 0 radical (unpaired) electrons. The van der Waals surface area contributed by atoms with Crippen LogP contribution in [0, 0.1) is 5.92 Å². The zero-order valence-corrected chi connectivity index (χ0v) is 13.8. The number of benzene rings is 1. The third-order valence-electron chi connectivity index (χ3n) is 4.22. The molecular weight excluding hydrogens is 314 g/mol. The summed E-state index contributed by atoms with van der Waals surface area (Å²) in [6.45, 7) is 2.32. The minimum atomic E-state index is 0.701. The maximum atomic E-state index is 6.26. The highest BCUT2D eigenvalue weighted by Gasteiger charge is 2.23. The first-order valence-electron chi connectivity index (χ1n) is 7.49. The maximum absolute atomic E-state index is 6.26. The van der Waals surface area contributed by atoms with Gasteiger partial charge in [-0.15, -0.1) is 11.3 Å². The summed E-state index contributed by atoms with van der Waals surface area (Å²) in [5.41, 5.74) is 2.31. The van der Waals surface area contributed by atoms with Gasteiger partial charge in [0.1, 0.15) is 17.0 Å². The van der Waals surface area contributed by atoms with E-state index >= 15 is 0 Å². The van der Waals surface area contributed by atoms with Crippen molar-refractivity contribution in [2.45, 2.75) is 26.2 Å². The van der Waals surface area contributed by atoms with E-state index in [9.17, 15) is 0 Å². The Bertz CT molecular complexity index is 843. The average molecular weight is 330 g/mol. The molecule has 1 atom stereocenters. The number of aryl methyl sites for hydroxylation is 1. The number of para-hydroxylation sites is 1. The summed E-state index contributed by atoms with van der Waals surface area (Å²) in [6, 6.07) is 7.75. The lowest BCUT2D eigenvalue weighted by Crippen LogP contribution is -2.09. The number of hydrogen-bond acceptors (Lipinski definition) is 4. The monoisotopic (exact) mass is 329 g/mol. The molecule has 1 aliphatic rings. The first kappa shape index (κ1) is 14.0. The molecule has 1 aromatic carbocycles. The van der Waals surface area contributed by atoms with Crippen molar-refractivity contribution in [1.82, 2.24) is 9.97 Å². The van der Waals surface area contributed by atoms with E-state index in [0.29, 0.717) is 5.02 Å². The third kappa shape index (κ3) is 2.36. The highest BCUT2D eigenvalue weighted by molar-refractivity contribution is 7.19. The zero-order valence-electron chi connectivity index (χ0n) is 12.3. The van der Waals surface area contributed by atoms with E-state index in [1.165, 1.54) is 22.2 Å². The number of rotatable bonds is 2. The molecule has 2 heterocycles. The van der Waals surface area contributed by atoms with Crippen LogP contribution >= 0.6 is 22.9 Å². The molecule has 5 heteroatoms. The highest BCUT2D eigenvalue weighted by Crippen LogP contribution is 2.40. The number of fused-ring (bicyclic) bond motifs is 3. The number of aromatic nitrogens is 2. The van der Waals surface area contributed by atoms with E-state index in [1.807, 2.05) is 35.6 Å². The minimum absolute atomic E-state index is 0.701. The summed E-state index contributed by atoms with van der Waals surface area (Å²) in [5.74, 6) is 1.62. The van der Waals surface area contributed by atoms with Crippen LogP contribution in [0.5, 0.6) is 0 Å². The molecule has 3 aromatic rings. The van der Waals surface area contributed by atoms with Gasteiger partial charge in [-0.1, -0.05) is 30.7 Å². The lowest BCUT2D eigenvalue weighted by molar-refractivity contribution is 0.509. The molecule has 1 aliphatic carbocycles. The lowest BCUT2D eigenvalue weighted by Gasteiger charge is -2.18. The molecule has 0 bridgehead atoms. The average Bonchev–Trinajstić information content (AvgIpc) is 2.88. The molecule has 3 nitrogen and oxygen atoms in total. The maximum Gasteiger partial charge on any atom is 0.142 e. The summed E-state index contributed by atoms with van der Waals surface area (Å²) in [5, 5.41) is 5.26. The van der Waals surface area contributed by atoms with Crippen LogP contribution in [-0.4, -0.2) is 9.97 Å². The Kier molecular flexibility index (Phi) is 3.51. The molecule has 4 rings (SSSR count). The van der Waals surface area contributed by atoms with Crippen molar-refractivity contribution in [1.29, 1.82) is 0 Å². The van der Waals surface area contributed by atoms with Gasteiger partial charge in [0.25, 0.3) is 0 Å². The molecule has 0 spiro atoms. The number of nitrogens with zero attached hydrogens (tertiary/aromatic N) is 2. The number of nitrogens with one attached hydrogen (secondary N) is 1. The fourth-order valence-electron chi connectivity index (χ4n) is 3.06. The molecule has 0 fully saturated rings. The fourth-order valence-corrected chi connectivity index (χ4v) is 4.59. The Morgan fingerprint density at radius 1 is 1.27 bits per heavy atom. The molecule has 2 aromatic heterocycles. The second-order valence-electron chi connectivity index (χ2n) is 5.86. The molecule has 0 saturated heterocycles.